The molecule has 0 spiro atoms. The van der Waals surface area contributed by atoms with E-state index in [0.717, 1.165) is 17.1 Å². The van der Waals surface area contributed by atoms with E-state index in [-0.39, 0.29) is 5.41 Å². The van der Waals surface area contributed by atoms with E-state index in [2.05, 4.69) is 162 Å². The molecular formula is C45H36N4. The van der Waals surface area contributed by atoms with Crippen LogP contribution in [0.15, 0.2) is 183 Å². The second-order valence-corrected chi connectivity index (χ2v) is 12.4. The maximum absolute atomic E-state index is 4.51. The highest BCUT2D eigenvalue weighted by atomic mass is 15.3. The van der Waals surface area contributed by atoms with E-state index in [4.69, 9.17) is 0 Å². The van der Waals surface area contributed by atoms with Crippen LogP contribution in [0.25, 0.3) is 33.9 Å². The Morgan fingerprint density at radius 1 is 0.490 bits per heavy atom. The second kappa shape index (κ2) is 12.7. The van der Waals surface area contributed by atoms with E-state index in [9.17, 15) is 0 Å². The van der Waals surface area contributed by atoms with Crippen molar-refractivity contribution in [2.45, 2.75) is 19.3 Å². The van der Waals surface area contributed by atoms with Gasteiger partial charge in [0.15, 0.2) is 0 Å². The molecule has 0 N–H and O–H groups in total. The Morgan fingerprint density at radius 2 is 1.06 bits per heavy atom. The Labute approximate surface area is 287 Å². The third-order valence-corrected chi connectivity index (χ3v) is 9.58. The molecule has 2 heterocycles. The maximum Gasteiger partial charge on any atom is 0.144 e. The van der Waals surface area contributed by atoms with Crippen LogP contribution < -0.4 is 0 Å². The lowest BCUT2D eigenvalue weighted by atomic mass is 9.68. The Hall–Kier alpha value is -6.26. The van der Waals surface area contributed by atoms with Crippen molar-refractivity contribution in [3.63, 3.8) is 0 Å². The monoisotopic (exact) mass is 632 g/mol. The maximum atomic E-state index is 4.51. The Balaban J connectivity index is 0.000000158. The largest absolute Gasteiger partial charge is 0.299 e. The summed E-state index contributed by atoms with van der Waals surface area (Å²) in [4.78, 5) is 4.51. The highest BCUT2D eigenvalue weighted by Gasteiger charge is 2.45. The first-order valence-electron chi connectivity index (χ1n) is 16.7. The van der Waals surface area contributed by atoms with E-state index in [1.165, 1.54) is 50.2 Å². The number of imidazole rings is 1. The number of hydrogen-bond acceptors (Lipinski definition) is 2. The van der Waals surface area contributed by atoms with E-state index in [0.29, 0.717) is 0 Å². The minimum absolute atomic E-state index is 0.336. The fourth-order valence-electron chi connectivity index (χ4n) is 7.47. The SMILES string of the molecule is Cc1cccc(C)c1-n1ccnc1-c1ccccc1.c1ccc(C2(c3ccc(-n4cccn4)cc3)c3ccccc3-c3ccccc32)cc1. The summed E-state index contributed by atoms with van der Waals surface area (Å²) in [5.74, 6) is 0.984. The molecule has 0 aliphatic heterocycles. The third-order valence-electron chi connectivity index (χ3n) is 9.58. The molecular weight excluding hydrogens is 597 g/mol. The van der Waals surface area contributed by atoms with Gasteiger partial charge in [0.05, 0.1) is 16.8 Å². The number of hydrogen-bond donors (Lipinski definition) is 0. The van der Waals surface area contributed by atoms with Crippen LogP contribution in [0.5, 0.6) is 0 Å². The fourth-order valence-corrected chi connectivity index (χ4v) is 7.47. The molecule has 236 valence electrons. The number of fused-ring (bicyclic) bond motifs is 3. The number of rotatable bonds is 5. The molecule has 1 aliphatic rings. The van der Waals surface area contributed by atoms with Gasteiger partial charge in [-0.25, -0.2) is 9.67 Å². The molecule has 49 heavy (non-hydrogen) atoms. The Morgan fingerprint density at radius 3 is 1.67 bits per heavy atom. The van der Waals surface area contributed by atoms with Crippen LogP contribution in [0.4, 0.5) is 0 Å². The Bertz CT molecular complexity index is 2270. The van der Waals surface area contributed by atoms with Crippen molar-refractivity contribution in [3.05, 3.63) is 216 Å². The van der Waals surface area contributed by atoms with Gasteiger partial charge in [0, 0.05) is 30.4 Å². The molecule has 0 saturated heterocycles. The van der Waals surface area contributed by atoms with Crippen LogP contribution in [0.3, 0.4) is 0 Å². The van der Waals surface area contributed by atoms with Crippen molar-refractivity contribution in [2.24, 2.45) is 0 Å². The standard InChI is InChI=1S/C28H20N2.C17H16N2/c1-2-9-21(10-3-1)28(22-15-17-23(18-16-22)30-20-8-19-29-30)26-13-6-4-11-24(26)25-12-5-7-14-27(25)28;1-13-7-6-8-14(2)16(13)19-12-11-18-17(19)15-9-4-3-5-10-15/h1-20H;3-12H,1-2H3. The molecule has 4 heteroatoms. The van der Waals surface area contributed by atoms with Crippen molar-refractivity contribution in [3.8, 4) is 33.9 Å². The highest BCUT2D eigenvalue weighted by molar-refractivity contribution is 5.86. The molecule has 0 bridgehead atoms. The van der Waals surface area contributed by atoms with E-state index >= 15 is 0 Å². The summed E-state index contributed by atoms with van der Waals surface area (Å²) in [7, 11) is 0. The minimum Gasteiger partial charge on any atom is -0.299 e. The van der Waals surface area contributed by atoms with Gasteiger partial charge in [-0.15, -0.1) is 0 Å². The molecule has 0 saturated carbocycles. The molecule has 2 aromatic heterocycles. The normalized spacial score (nSPS) is 12.4. The topological polar surface area (TPSA) is 35.6 Å². The summed E-state index contributed by atoms with van der Waals surface area (Å²) in [5.41, 5.74) is 13.5. The van der Waals surface area contributed by atoms with Gasteiger partial charge in [-0.2, -0.15) is 5.10 Å². The first-order valence-corrected chi connectivity index (χ1v) is 16.7. The number of aromatic nitrogens is 4. The van der Waals surface area contributed by atoms with Crippen molar-refractivity contribution in [2.75, 3.05) is 0 Å². The summed E-state index contributed by atoms with van der Waals surface area (Å²) in [6.07, 6.45) is 7.66. The van der Waals surface area contributed by atoms with Gasteiger partial charge in [-0.3, -0.25) is 4.57 Å². The zero-order valence-electron chi connectivity index (χ0n) is 27.6. The van der Waals surface area contributed by atoms with Gasteiger partial charge in [0.2, 0.25) is 0 Å². The first-order chi connectivity index (χ1) is 24.2. The first kappa shape index (κ1) is 30.1. The summed E-state index contributed by atoms with van der Waals surface area (Å²) < 4.78 is 4.06. The van der Waals surface area contributed by atoms with Crippen LogP contribution in [0, 0.1) is 13.8 Å². The van der Waals surface area contributed by atoms with Crippen LogP contribution in [0.1, 0.15) is 33.4 Å². The molecule has 9 rings (SSSR count). The van der Waals surface area contributed by atoms with Crippen LogP contribution >= 0.6 is 0 Å². The van der Waals surface area contributed by atoms with Gasteiger partial charge in [-0.05, 0) is 76.6 Å². The predicted octanol–water partition coefficient (Wildman–Crippen LogP) is 10.4. The number of para-hydroxylation sites is 1. The lowest BCUT2D eigenvalue weighted by molar-refractivity contribution is 0.766. The summed E-state index contributed by atoms with van der Waals surface area (Å²) in [5, 5.41) is 4.38. The quantitative estimate of drug-likeness (QED) is 0.189. The summed E-state index contributed by atoms with van der Waals surface area (Å²) in [6, 6.07) is 55.9. The molecule has 0 atom stereocenters. The molecule has 6 aromatic carbocycles. The zero-order chi connectivity index (χ0) is 33.2. The lowest BCUT2D eigenvalue weighted by Gasteiger charge is -2.34. The average molecular weight is 633 g/mol. The van der Waals surface area contributed by atoms with E-state index in [1.54, 1.807) is 0 Å². The molecule has 0 fully saturated rings. The molecule has 0 unspecified atom stereocenters. The van der Waals surface area contributed by atoms with Crippen LogP contribution in [0.2, 0.25) is 0 Å². The Kier molecular flexibility index (Phi) is 7.83. The highest BCUT2D eigenvalue weighted by Crippen LogP contribution is 2.55. The predicted molar refractivity (Wildman–Crippen MR) is 199 cm³/mol. The smallest absolute Gasteiger partial charge is 0.144 e. The van der Waals surface area contributed by atoms with Crippen molar-refractivity contribution in [1.29, 1.82) is 0 Å². The molecule has 0 radical (unpaired) electrons. The van der Waals surface area contributed by atoms with Crippen LogP contribution in [-0.2, 0) is 5.41 Å². The average Bonchev–Trinajstić information content (AvgIpc) is 3.93. The number of aryl methyl sites for hydroxylation is 2. The van der Waals surface area contributed by atoms with E-state index < -0.39 is 0 Å². The molecule has 1 aliphatic carbocycles. The zero-order valence-corrected chi connectivity index (χ0v) is 27.6. The summed E-state index contributed by atoms with van der Waals surface area (Å²) >= 11 is 0. The van der Waals surface area contributed by atoms with Gasteiger partial charge >= 0.3 is 0 Å². The molecule has 0 amide bonds. The van der Waals surface area contributed by atoms with E-state index in [1.807, 2.05) is 53.7 Å². The molecule has 4 nitrogen and oxygen atoms in total. The van der Waals surface area contributed by atoms with Crippen molar-refractivity contribution >= 4 is 0 Å². The minimum atomic E-state index is -0.336. The van der Waals surface area contributed by atoms with Gasteiger partial charge in [-0.1, -0.05) is 140 Å². The van der Waals surface area contributed by atoms with Gasteiger partial charge in [0.25, 0.3) is 0 Å². The third kappa shape index (κ3) is 5.19. The van der Waals surface area contributed by atoms with Crippen LogP contribution in [-0.4, -0.2) is 19.3 Å². The number of nitrogens with zero attached hydrogens (tertiary/aromatic N) is 4. The lowest BCUT2D eigenvalue weighted by Crippen LogP contribution is -2.28. The van der Waals surface area contributed by atoms with Gasteiger partial charge < -0.3 is 0 Å². The summed E-state index contributed by atoms with van der Waals surface area (Å²) in [6.45, 7) is 4.27. The van der Waals surface area contributed by atoms with Gasteiger partial charge in [0.1, 0.15) is 5.82 Å². The van der Waals surface area contributed by atoms with Crippen molar-refractivity contribution < 1.29 is 0 Å². The fraction of sp³-hybridized carbons (Fsp3) is 0.0667. The number of benzene rings is 6. The second-order valence-electron chi connectivity index (χ2n) is 12.4. The van der Waals surface area contributed by atoms with Crippen molar-refractivity contribution in [1.82, 2.24) is 19.3 Å². The molecule has 8 aromatic rings.